The SMILES string of the molecule is CC1(C)CCC(C(N)c2ccncc2)CC1. The minimum absolute atomic E-state index is 0.194. The molecule has 0 bridgehead atoms. The monoisotopic (exact) mass is 218 g/mol. The van der Waals surface area contributed by atoms with Gasteiger partial charge >= 0.3 is 0 Å². The van der Waals surface area contributed by atoms with E-state index in [-0.39, 0.29) is 6.04 Å². The molecule has 16 heavy (non-hydrogen) atoms. The normalized spacial score (nSPS) is 22.9. The number of nitrogens with two attached hydrogens (primary N) is 1. The Balaban J connectivity index is 2.00. The lowest BCUT2D eigenvalue weighted by Crippen LogP contribution is -2.29. The van der Waals surface area contributed by atoms with Gasteiger partial charge in [-0.25, -0.2) is 0 Å². The van der Waals surface area contributed by atoms with Crippen LogP contribution in [0.5, 0.6) is 0 Å². The van der Waals surface area contributed by atoms with Gasteiger partial charge in [0.1, 0.15) is 0 Å². The summed E-state index contributed by atoms with van der Waals surface area (Å²) in [4.78, 5) is 4.04. The van der Waals surface area contributed by atoms with Crippen molar-refractivity contribution in [1.82, 2.24) is 4.98 Å². The average molecular weight is 218 g/mol. The van der Waals surface area contributed by atoms with Crippen molar-refractivity contribution in [2.75, 3.05) is 0 Å². The fourth-order valence-electron chi connectivity index (χ4n) is 2.64. The molecule has 2 nitrogen and oxygen atoms in total. The molecule has 0 spiro atoms. The van der Waals surface area contributed by atoms with E-state index in [4.69, 9.17) is 5.73 Å². The zero-order chi connectivity index (χ0) is 11.6. The van der Waals surface area contributed by atoms with E-state index in [1.165, 1.54) is 31.2 Å². The van der Waals surface area contributed by atoms with Crippen LogP contribution in [0.3, 0.4) is 0 Å². The molecule has 1 saturated carbocycles. The molecule has 2 N–H and O–H groups in total. The Kier molecular flexibility index (Phi) is 3.29. The molecule has 1 atom stereocenters. The Morgan fingerprint density at radius 2 is 1.81 bits per heavy atom. The van der Waals surface area contributed by atoms with Crippen molar-refractivity contribution in [3.63, 3.8) is 0 Å². The van der Waals surface area contributed by atoms with Crippen LogP contribution in [0.4, 0.5) is 0 Å². The van der Waals surface area contributed by atoms with Gasteiger partial charge in [0.25, 0.3) is 0 Å². The number of rotatable bonds is 2. The van der Waals surface area contributed by atoms with Gasteiger partial charge in [-0.3, -0.25) is 4.98 Å². The summed E-state index contributed by atoms with van der Waals surface area (Å²) >= 11 is 0. The lowest BCUT2D eigenvalue weighted by atomic mass is 9.70. The summed E-state index contributed by atoms with van der Waals surface area (Å²) in [6.07, 6.45) is 8.80. The first-order valence-corrected chi connectivity index (χ1v) is 6.24. The van der Waals surface area contributed by atoms with E-state index < -0.39 is 0 Å². The van der Waals surface area contributed by atoms with Crippen LogP contribution in [0.15, 0.2) is 24.5 Å². The average Bonchev–Trinajstić information content (AvgIpc) is 2.29. The van der Waals surface area contributed by atoms with E-state index in [9.17, 15) is 0 Å². The topological polar surface area (TPSA) is 38.9 Å². The molecule has 1 unspecified atom stereocenters. The molecule has 2 heteroatoms. The van der Waals surface area contributed by atoms with Crippen LogP contribution in [-0.4, -0.2) is 4.98 Å². The van der Waals surface area contributed by atoms with E-state index in [2.05, 4.69) is 18.8 Å². The lowest BCUT2D eigenvalue weighted by molar-refractivity contribution is 0.173. The molecule has 1 aromatic heterocycles. The molecule has 0 saturated heterocycles. The zero-order valence-electron chi connectivity index (χ0n) is 10.3. The predicted molar refractivity (Wildman–Crippen MR) is 66.9 cm³/mol. The second-order valence-corrected chi connectivity index (χ2v) is 5.81. The summed E-state index contributed by atoms with van der Waals surface area (Å²) in [6, 6.07) is 4.29. The van der Waals surface area contributed by atoms with Crippen molar-refractivity contribution in [3.05, 3.63) is 30.1 Å². The highest BCUT2D eigenvalue weighted by molar-refractivity contribution is 5.15. The molecule has 1 aliphatic carbocycles. The van der Waals surface area contributed by atoms with Gasteiger partial charge in [0.05, 0.1) is 0 Å². The third-order valence-electron chi connectivity index (χ3n) is 3.98. The summed E-state index contributed by atoms with van der Waals surface area (Å²) in [5, 5.41) is 0. The van der Waals surface area contributed by atoms with Crippen molar-refractivity contribution in [3.8, 4) is 0 Å². The van der Waals surface area contributed by atoms with Gasteiger partial charge in [-0.05, 0) is 54.7 Å². The van der Waals surface area contributed by atoms with Gasteiger partial charge in [-0.1, -0.05) is 13.8 Å². The van der Waals surface area contributed by atoms with E-state index in [1.54, 1.807) is 0 Å². The van der Waals surface area contributed by atoms with Gasteiger partial charge in [0.15, 0.2) is 0 Å². The maximum Gasteiger partial charge on any atom is 0.0324 e. The lowest BCUT2D eigenvalue weighted by Gasteiger charge is -2.36. The molecule has 0 radical (unpaired) electrons. The van der Waals surface area contributed by atoms with Crippen molar-refractivity contribution in [2.45, 2.75) is 45.6 Å². The summed E-state index contributed by atoms with van der Waals surface area (Å²) in [5.41, 5.74) is 8.09. The Bertz CT molecular complexity index is 322. The zero-order valence-corrected chi connectivity index (χ0v) is 10.3. The van der Waals surface area contributed by atoms with Crippen molar-refractivity contribution < 1.29 is 0 Å². The number of pyridine rings is 1. The largest absolute Gasteiger partial charge is 0.324 e. The fraction of sp³-hybridized carbons (Fsp3) is 0.643. The highest BCUT2D eigenvalue weighted by Crippen LogP contribution is 2.41. The Hall–Kier alpha value is -0.890. The molecule has 1 aliphatic rings. The molecule has 1 fully saturated rings. The standard InChI is InChI=1S/C14H22N2/c1-14(2)7-3-11(4-8-14)13(15)12-5-9-16-10-6-12/h5-6,9-11,13H,3-4,7-8,15H2,1-2H3. The molecule has 1 aromatic rings. The second kappa shape index (κ2) is 4.54. The summed E-state index contributed by atoms with van der Waals surface area (Å²) in [7, 11) is 0. The van der Waals surface area contributed by atoms with Crippen LogP contribution < -0.4 is 5.73 Å². The fourth-order valence-corrected chi connectivity index (χ4v) is 2.64. The van der Waals surface area contributed by atoms with Gasteiger partial charge in [-0.2, -0.15) is 0 Å². The maximum atomic E-state index is 6.33. The molecule has 0 amide bonds. The molecule has 1 heterocycles. The first-order chi connectivity index (χ1) is 7.58. The molecule has 0 aromatic carbocycles. The Morgan fingerprint density at radius 3 is 2.38 bits per heavy atom. The minimum atomic E-state index is 0.194. The van der Waals surface area contributed by atoms with E-state index in [0.29, 0.717) is 11.3 Å². The van der Waals surface area contributed by atoms with Crippen LogP contribution in [0, 0.1) is 11.3 Å². The number of nitrogens with zero attached hydrogens (tertiary/aromatic N) is 1. The predicted octanol–water partition coefficient (Wildman–Crippen LogP) is 3.30. The Labute approximate surface area is 98.3 Å². The molecular formula is C14H22N2. The highest BCUT2D eigenvalue weighted by atomic mass is 14.7. The summed E-state index contributed by atoms with van der Waals surface area (Å²) in [5.74, 6) is 0.649. The number of hydrogen-bond donors (Lipinski definition) is 1. The molecule has 0 aliphatic heterocycles. The van der Waals surface area contributed by atoms with E-state index >= 15 is 0 Å². The van der Waals surface area contributed by atoms with Crippen molar-refractivity contribution >= 4 is 0 Å². The van der Waals surface area contributed by atoms with Gasteiger partial charge in [-0.15, -0.1) is 0 Å². The highest BCUT2D eigenvalue weighted by Gasteiger charge is 2.30. The van der Waals surface area contributed by atoms with Crippen LogP contribution in [-0.2, 0) is 0 Å². The minimum Gasteiger partial charge on any atom is -0.324 e. The van der Waals surface area contributed by atoms with Crippen LogP contribution in [0.2, 0.25) is 0 Å². The van der Waals surface area contributed by atoms with E-state index in [1.807, 2.05) is 24.5 Å². The third kappa shape index (κ3) is 2.62. The first kappa shape index (κ1) is 11.6. The van der Waals surface area contributed by atoms with Crippen molar-refractivity contribution in [2.24, 2.45) is 17.1 Å². The maximum absolute atomic E-state index is 6.33. The van der Waals surface area contributed by atoms with Crippen molar-refractivity contribution in [1.29, 1.82) is 0 Å². The number of hydrogen-bond acceptors (Lipinski definition) is 2. The summed E-state index contributed by atoms with van der Waals surface area (Å²) < 4.78 is 0. The molecule has 88 valence electrons. The number of aromatic nitrogens is 1. The van der Waals surface area contributed by atoms with Crippen LogP contribution in [0.1, 0.15) is 51.1 Å². The van der Waals surface area contributed by atoms with Crippen LogP contribution >= 0.6 is 0 Å². The first-order valence-electron chi connectivity index (χ1n) is 6.24. The smallest absolute Gasteiger partial charge is 0.0324 e. The van der Waals surface area contributed by atoms with Gasteiger partial charge in [0, 0.05) is 18.4 Å². The molecular weight excluding hydrogens is 196 g/mol. The van der Waals surface area contributed by atoms with Gasteiger partial charge < -0.3 is 5.73 Å². The van der Waals surface area contributed by atoms with Gasteiger partial charge in [0.2, 0.25) is 0 Å². The third-order valence-corrected chi connectivity index (χ3v) is 3.98. The summed E-state index contributed by atoms with van der Waals surface area (Å²) in [6.45, 7) is 4.72. The second-order valence-electron chi connectivity index (χ2n) is 5.81. The Morgan fingerprint density at radius 1 is 1.25 bits per heavy atom. The quantitative estimate of drug-likeness (QED) is 0.827. The van der Waals surface area contributed by atoms with E-state index in [0.717, 1.165) is 0 Å². The van der Waals surface area contributed by atoms with Crippen LogP contribution in [0.25, 0.3) is 0 Å². The molecule has 2 rings (SSSR count).